The van der Waals surface area contributed by atoms with Gasteiger partial charge in [0.25, 0.3) is 0 Å². The molecule has 2 rings (SSSR count). The Bertz CT molecular complexity index is 592. The Morgan fingerprint density at radius 2 is 2.19 bits per heavy atom. The van der Waals surface area contributed by atoms with E-state index in [4.69, 9.17) is 15.1 Å². The van der Waals surface area contributed by atoms with Crippen LogP contribution in [0.2, 0.25) is 0 Å². The summed E-state index contributed by atoms with van der Waals surface area (Å²) in [7, 11) is 0. The molecule has 1 aliphatic heterocycles. The predicted octanol–water partition coefficient (Wildman–Crippen LogP) is -0.979. The van der Waals surface area contributed by atoms with E-state index in [9.17, 15) is 15.0 Å². The summed E-state index contributed by atoms with van der Waals surface area (Å²) in [5.74, 6) is -0.0707. The van der Waals surface area contributed by atoms with Crippen LogP contribution in [0.25, 0.3) is 6.08 Å². The second-order valence-corrected chi connectivity index (χ2v) is 4.90. The molecule has 0 bridgehead atoms. The highest BCUT2D eigenvalue weighted by molar-refractivity contribution is 9.11. The fraction of sp³-hybridized carbons (Fsp3) is 0.455. The Hall–Kier alpha value is -1.30. The number of hydrogen-bond acceptors (Lipinski definition) is 8. The monoisotopic (exact) mass is 363 g/mol. The van der Waals surface area contributed by atoms with Gasteiger partial charge in [-0.2, -0.15) is 4.98 Å². The molecule has 2 heterocycles. The number of aliphatic hydroxyl groups is 3. The summed E-state index contributed by atoms with van der Waals surface area (Å²) in [5.41, 5.74) is 1.33. The molecule has 2 unspecified atom stereocenters. The minimum atomic E-state index is -1.39. The van der Waals surface area contributed by atoms with E-state index in [1.54, 1.807) is 5.48 Å². The number of hydrogen-bond donors (Lipinski definition) is 5. The number of aliphatic hydroxyl groups excluding tert-OH is 3. The average Bonchev–Trinajstić information content (AvgIpc) is 2.76. The van der Waals surface area contributed by atoms with Gasteiger partial charge < -0.3 is 20.1 Å². The molecule has 0 aliphatic carbocycles. The van der Waals surface area contributed by atoms with Gasteiger partial charge in [-0.05, 0) is 11.1 Å². The van der Waals surface area contributed by atoms with Crippen molar-refractivity contribution in [1.29, 1.82) is 0 Å². The van der Waals surface area contributed by atoms with Gasteiger partial charge in [-0.15, -0.1) is 0 Å². The molecule has 116 valence electrons. The topological polar surface area (TPSA) is 137 Å². The van der Waals surface area contributed by atoms with Crippen LogP contribution in [0, 0.1) is 0 Å². The summed E-state index contributed by atoms with van der Waals surface area (Å²) < 4.78 is 6.24. The highest BCUT2D eigenvalue weighted by Gasteiger charge is 2.43. The Kier molecular flexibility index (Phi) is 5.08. The first-order valence-corrected chi connectivity index (χ1v) is 6.87. The molecule has 1 aromatic heterocycles. The maximum atomic E-state index is 11.9. The molecule has 1 fully saturated rings. The van der Waals surface area contributed by atoms with E-state index >= 15 is 0 Å². The van der Waals surface area contributed by atoms with Crippen molar-refractivity contribution < 1.29 is 25.3 Å². The fourth-order valence-electron chi connectivity index (χ4n) is 2.06. The molecule has 21 heavy (non-hydrogen) atoms. The van der Waals surface area contributed by atoms with Gasteiger partial charge >= 0.3 is 5.69 Å². The van der Waals surface area contributed by atoms with Gasteiger partial charge in [-0.3, -0.25) is 15.3 Å². The maximum Gasteiger partial charge on any atom is 0.351 e. The van der Waals surface area contributed by atoms with Crippen molar-refractivity contribution in [2.75, 3.05) is 12.1 Å². The van der Waals surface area contributed by atoms with E-state index in [0.29, 0.717) is 5.56 Å². The Labute approximate surface area is 127 Å². The summed E-state index contributed by atoms with van der Waals surface area (Å²) in [4.78, 5) is 17.0. The lowest BCUT2D eigenvalue weighted by Gasteiger charge is -2.18. The molecule has 5 N–H and O–H groups in total. The zero-order valence-electron chi connectivity index (χ0n) is 10.6. The second-order valence-electron chi connectivity index (χ2n) is 4.37. The first kappa shape index (κ1) is 16.1. The van der Waals surface area contributed by atoms with Crippen LogP contribution in [0.15, 0.2) is 16.0 Å². The number of ether oxygens (including phenoxy) is 1. The van der Waals surface area contributed by atoms with Crippen molar-refractivity contribution in [3.63, 3.8) is 0 Å². The maximum absolute atomic E-state index is 11.9. The fourth-order valence-corrected chi connectivity index (χ4v) is 2.34. The van der Waals surface area contributed by atoms with Gasteiger partial charge in [0.15, 0.2) is 12.0 Å². The van der Waals surface area contributed by atoms with Gasteiger partial charge in [-0.25, -0.2) is 4.79 Å². The molecule has 1 aliphatic rings. The molecule has 0 radical (unpaired) electrons. The van der Waals surface area contributed by atoms with Crippen LogP contribution >= 0.6 is 15.9 Å². The molecule has 0 aromatic carbocycles. The zero-order chi connectivity index (χ0) is 15.6. The SMILES string of the molecule is O=c1nc(NO)c(C=CBr)cn1[C@@H]1O[C@H](CO)C(O)C1O. The van der Waals surface area contributed by atoms with Crippen LogP contribution in [0.5, 0.6) is 0 Å². The van der Waals surface area contributed by atoms with Crippen molar-refractivity contribution in [1.82, 2.24) is 9.55 Å². The molecule has 1 saturated heterocycles. The number of nitrogens with one attached hydrogen (secondary N) is 1. The quantitative estimate of drug-likeness (QED) is 0.430. The first-order valence-electron chi connectivity index (χ1n) is 5.96. The van der Waals surface area contributed by atoms with Gasteiger partial charge in [0.05, 0.1) is 6.61 Å². The first-order chi connectivity index (χ1) is 10.0. The molecule has 4 atom stereocenters. The van der Waals surface area contributed by atoms with Crippen LogP contribution in [-0.4, -0.2) is 55.0 Å². The van der Waals surface area contributed by atoms with Gasteiger partial charge in [0, 0.05) is 11.8 Å². The second kappa shape index (κ2) is 6.64. The summed E-state index contributed by atoms with van der Waals surface area (Å²) in [6.07, 6.45) is -2.10. The smallest absolute Gasteiger partial charge is 0.351 e. The van der Waals surface area contributed by atoms with Crippen molar-refractivity contribution in [3.05, 3.63) is 27.2 Å². The van der Waals surface area contributed by atoms with Gasteiger partial charge in [-0.1, -0.05) is 15.9 Å². The number of nitrogens with zero attached hydrogens (tertiary/aromatic N) is 2. The van der Waals surface area contributed by atoms with E-state index in [2.05, 4.69) is 20.9 Å². The van der Waals surface area contributed by atoms with Crippen molar-refractivity contribution in [2.24, 2.45) is 0 Å². The summed E-state index contributed by atoms with van der Waals surface area (Å²) >= 11 is 3.06. The standard InChI is InChI=1S/C11H14BrN3O6/c12-2-1-5-3-15(11(19)13-9(5)14-20)10-8(18)7(17)6(4-16)21-10/h1-3,6-8,10,16-18,20H,4H2,(H,13,14,19)/t6-,7?,8?,10-/m1/s1. The predicted molar refractivity (Wildman–Crippen MR) is 74.9 cm³/mol. The Balaban J connectivity index is 2.45. The zero-order valence-corrected chi connectivity index (χ0v) is 12.2. The third-order valence-electron chi connectivity index (χ3n) is 3.12. The third-order valence-corrected chi connectivity index (χ3v) is 3.38. The van der Waals surface area contributed by atoms with Crippen LogP contribution in [-0.2, 0) is 4.74 Å². The van der Waals surface area contributed by atoms with E-state index in [1.165, 1.54) is 17.3 Å². The summed E-state index contributed by atoms with van der Waals surface area (Å²) in [6.45, 7) is -0.499. The lowest BCUT2D eigenvalue weighted by atomic mass is 10.1. The normalized spacial score (nSPS) is 29.2. The lowest BCUT2D eigenvalue weighted by molar-refractivity contribution is -0.0549. The lowest BCUT2D eigenvalue weighted by Crippen LogP contribution is -2.36. The number of aromatic nitrogens is 2. The summed E-state index contributed by atoms with van der Waals surface area (Å²) in [5, 5.41) is 37.6. The number of halogens is 1. The van der Waals surface area contributed by atoms with Crippen LogP contribution in [0.3, 0.4) is 0 Å². The van der Waals surface area contributed by atoms with Crippen molar-refractivity contribution in [2.45, 2.75) is 24.5 Å². The molecular formula is C11H14BrN3O6. The van der Waals surface area contributed by atoms with E-state index in [-0.39, 0.29) is 5.82 Å². The van der Waals surface area contributed by atoms with Crippen LogP contribution < -0.4 is 11.2 Å². The van der Waals surface area contributed by atoms with Crippen LogP contribution in [0.1, 0.15) is 11.8 Å². The summed E-state index contributed by atoms with van der Waals surface area (Å²) in [6, 6.07) is 0. The highest BCUT2D eigenvalue weighted by Crippen LogP contribution is 2.28. The van der Waals surface area contributed by atoms with Gasteiger partial charge in [0.2, 0.25) is 0 Å². The number of anilines is 1. The molecule has 1 aromatic rings. The van der Waals surface area contributed by atoms with E-state index in [1.807, 2.05) is 0 Å². The van der Waals surface area contributed by atoms with Gasteiger partial charge in [0.1, 0.15) is 18.3 Å². The van der Waals surface area contributed by atoms with E-state index in [0.717, 1.165) is 4.57 Å². The Morgan fingerprint density at radius 3 is 2.71 bits per heavy atom. The van der Waals surface area contributed by atoms with Crippen molar-refractivity contribution >= 4 is 27.8 Å². The Morgan fingerprint density at radius 1 is 1.48 bits per heavy atom. The van der Waals surface area contributed by atoms with Crippen molar-refractivity contribution in [3.8, 4) is 0 Å². The van der Waals surface area contributed by atoms with Crippen LogP contribution in [0.4, 0.5) is 5.82 Å². The molecule has 0 spiro atoms. The number of rotatable bonds is 4. The molecule has 10 heteroatoms. The minimum absolute atomic E-state index is 0.0707. The molecule has 0 amide bonds. The average molecular weight is 364 g/mol. The molecule has 0 saturated carbocycles. The van der Waals surface area contributed by atoms with E-state index < -0.39 is 36.8 Å². The molecular weight excluding hydrogens is 350 g/mol. The highest BCUT2D eigenvalue weighted by atomic mass is 79.9. The minimum Gasteiger partial charge on any atom is -0.394 e. The third kappa shape index (κ3) is 3.00. The largest absolute Gasteiger partial charge is 0.394 e. The molecule has 9 nitrogen and oxygen atoms in total.